The van der Waals surface area contributed by atoms with Crippen LogP contribution in [0.2, 0.25) is 0 Å². The molecule has 0 fully saturated rings. The SMILES string of the molecule is CC(=O)NCCCCNC(=O)COc1ccc(C)cc1. The Morgan fingerprint density at radius 3 is 2.25 bits per heavy atom. The summed E-state index contributed by atoms with van der Waals surface area (Å²) in [6.45, 7) is 4.75. The molecule has 110 valence electrons. The van der Waals surface area contributed by atoms with E-state index in [0.29, 0.717) is 18.8 Å². The molecule has 1 aromatic rings. The van der Waals surface area contributed by atoms with Crippen LogP contribution >= 0.6 is 0 Å². The third-order valence-electron chi connectivity index (χ3n) is 2.69. The predicted molar refractivity (Wildman–Crippen MR) is 77.6 cm³/mol. The van der Waals surface area contributed by atoms with Gasteiger partial charge in [0.1, 0.15) is 5.75 Å². The van der Waals surface area contributed by atoms with Gasteiger partial charge in [-0.1, -0.05) is 17.7 Å². The summed E-state index contributed by atoms with van der Waals surface area (Å²) in [6, 6.07) is 7.57. The van der Waals surface area contributed by atoms with Gasteiger partial charge in [0.05, 0.1) is 0 Å². The Kier molecular flexibility index (Phi) is 7.17. The van der Waals surface area contributed by atoms with Crippen molar-refractivity contribution < 1.29 is 14.3 Å². The van der Waals surface area contributed by atoms with E-state index in [2.05, 4.69) is 10.6 Å². The largest absolute Gasteiger partial charge is 0.484 e. The number of rotatable bonds is 8. The van der Waals surface area contributed by atoms with Gasteiger partial charge in [-0.3, -0.25) is 9.59 Å². The summed E-state index contributed by atoms with van der Waals surface area (Å²) in [5.74, 6) is 0.530. The summed E-state index contributed by atoms with van der Waals surface area (Å²) in [7, 11) is 0. The van der Waals surface area contributed by atoms with Crippen LogP contribution in [0.3, 0.4) is 0 Å². The zero-order valence-electron chi connectivity index (χ0n) is 12.1. The number of nitrogens with one attached hydrogen (secondary N) is 2. The molecule has 0 aliphatic rings. The minimum Gasteiger partial charge on any atom is -0.484 e. The Labute approximate surface area is 119 Å². The van der Waals surface area contributed by atoms with Crippen LogP contribution in [-0.2, 0) is 9.59 Å². The fourth-order valence-electron chi connectivity index (χ4n) is 1.58. The highest BCUT2D eigenvalue weighted by Crippen LogP contribution is 2.10. The average Bonchev–Trinajstić information content (AvgIpc) is 2.41. The van der Waals surface area contributed by atoms with E-state index in [1.54, 1.807) is 0 Å². The number of benzene rings is 1. The second-order valence-electron chi connectivity index (χ2n) is 4.64. The lowest BCUT2D eigenvalue weighted by atomic mass is 10.2. The second kappa shape index (κ2) is 8.96. The quantitative estimate of drug-likeness (QED) is 0.706. The lowest BCUT2D eigenvalue weighted by Gasteiger charge is -2.08. The lowest BCUT2D eigenvalue weighted by molar-refractivity contribution is -0.123. The maximum absolute atomic E-state index is 11.5. The number of hydrogen-bond donors (Lipinski definition) is 2. The zero-order chi connectivity index (χ0) is 14.8. The number of ether oxygens (including phenoxy) is 1. The number of aryl methyl sites for hydroxylation is 1. The molecular formula is C15H22N2O3. The molecule has 0 unspecified atom stereocenters. The summed E-state index contributed by atoms with van der Waals surface area (Å²) < 4.78 is 5.36. The third-order valence-corrected chi connectivity index (χ3v) is 2.69. The smallest absolute Gasteiger partial charge is 0.257 e. The van der Waals surface area contributed by atoms with Gasteiger partial charge in [-0.25, -0.2) is 0 Å². The summed E-state index contributed by atoms with van der Waals surface area (Å²) >= 11 is 0. The number of hydrogen-bond acceptors (Lipinski definition) is 3. The molecule has 2 N–H and O–H groups in total. The van der Waals surface area contributed by atoms with Crippen LogP contribution in [-0.4, -0.2) is 31.5 Å². The maximum atomic E-state index is 11.5. The molecule has 20 heavy (non-hydrogen) atoms. The topological polar surface area (TPSA) is 67.4 Å². The fraction of sp³-hybridized carbons (Fsp3) is 0.467. The Morgan fingerprint density at radius 2 is 1.65 bits per heavy atom. The van der Waals surface area contributed by atoms with E-state index in [0.717, 1.165) is 18.4 Å². The molecule has 1 aromatic carbocycles. The van der Waals surface area contributed by atoms with Gasteiger partial charge < -0.3 is 15.4 Å². The first-order valence-corrected chi connectivity index (χ1v) is 6.78. The van der Waals surface area contributed by atoms with Crippen LogP contribution in [0.1, 0.15) is 25.3 Å². The molecule has 0 bridgehead atoms. The van der Waals surface area contributed by atoms with Gasteiger partial charge in [-0.2, -0.15) is 0 Å². The number of unbranched alkanes of at least 4 members (excludes halogenated alkanes) is 1. The molecule has 1 rings (SSSR count). The first-order chi connectivity index (χ1) is 9.58. The predicted octanol–water partition coefficient (Wildman–Crippen LogP) is 1.41. The Morgan fingerprint density at radius 1 is 1.05 bits per heavy atom. The van der Waals surface area contributed by atoms with E-state index < -0.39 is 0 Å². The van der Waals surface area contributed by atoms with Gasteiger partial charge in [0, 0.05) is 20.0 Å². The van der Waals surface area contributed by atoms with Gasteiger partial charge in [0.25, 0.3) is 5.91 Å². The van der Waals surface area contributed by atoms with Crippen molar-refractivity contribution in [2.45, 2.75) is 26.7 Å². The van der Waals surface area contributed by atoms with Crippen molar-refractivity contribution in [2.75, 3.05) is 19.7 Å². The Bertz CT molecular complexity index is 429. The summed E-state index contributed by atoms with van der Waals surface area (Å²) in [4.78, 5) is 22.1. The molecule has 2 amide bonds. The summed E-state index contributed by atoms with van der Waals surface area (Å²) in [5, 5.41) is 5.48. The van der Waals surface area contributed by atoms with Crippen LogP contribution in [0.5, 0.6) is 5.75 Å². The van der Waals surface area contributed by atoms with Crippen molar-refractivity contribution in [3.05, 3.63) is 29.8 Å². The Balaban J connectivity index is 2.06. The second-order valence-corrected chi connectivity index (χ2v) is 4.64. The maximum Gasteiger partial charge on any atom is 0.257 e. The van der Waals surface area contributed by atoms with Gasteiger partial charge in [-0.05, 0) is 31.9 Å². The first kappa shape index (κ1) is 16.0. The highest BCUT2D eigenvalue weighted by atomic mass is 16.5. The lowest BCUT2D eigenvalue weighted by Crippen LogP contribution is -2.30. The molecule has 0 aliphatic heterocycles. The van der Waals surface area contributed by atoms with E-state index in [4.69, 9.17) is 4.74 Å². The van der Waals surface area contributed by atoms with Gasteiger partial charge >= 0.3 is 0 Å². The van der Waals surface area contributed by atoms with Crippen molar-refractivity contribution in [3.8, 4) is 5.75 Å². The standard InChI is InChI=1S/C15H22N2O3/c1-12-5-7-14(8-6-12)20-11-15(19)17-10-4-3-9-16-13(2)18/h5-8H,3-4,9-11H2,1-2H3,(H,16,18)(H,17,19). The number of carbonyl (C=O) groups excluding carboxylic acids is 2. The molecule has 0 radical (unpaired) electrons. The molecule has 0 aliphatic carbocycles. The van der Waals surface area contributed by atoms with Gasteiger partial charge in [0.15, 0.2) is 6.61 Å². The monoisotopic (exact) mass is 278 g/mol. The summed E-state index contributed by atoms with van der Waals surface area (Å²) in [5.41, 5.74) is 1.15. The minimum atomic E-state index is -0.134. The van der Waals surface area contributed by atoms with Crippen LogP contribution in [0.25, 0.3) is 0 Å². The van der Waals surface area contributed by atoms with Crippen molar-refractivity contribution in [3.63, 3.8) is 0 Å². The van der Waals surface area contributed by atoms with E-state index in [1.165, 1.54) is 6.92 Å². The van der Waals surface area contributed by atoms with Crippen LogP contribution in [0, 0.1) is 6.92 Å². The van der Waals surface area contributed by atoms with Crippen molar-refractivity contribution in [2.24, 2.45) is 0 Å². The fourth-order valence-corrected chi connectivity index (χ4v) is 1.58. The minimum absolute atomic E-state index is 0.0226. The number of carbonyl (C=O) groups is 2. The highest BCUT2D eigenvalue weighted by Gasteiger charge is 2.02. The Hall–Kier alpha value is -2.04. The van der Waals surface area contributed by atoms with Crippen molar-refractivity contribution in [1.82, 2.24) is 10.6 Å². The average molecular weight is 278 g/mol. The third kappa shape index (κ3) is 7.41. The highest BCUT2D eigenvalue weighted by molar-refractivity contribution is 5.77. The molecule has 5 heteroatoms. The van der Waals surface area contributed by atoms with E-state index >= 15 is 0 Å². The molecule has 0 heterocycles. The molecule has 0 aromatic heterocycles. The van der Waals surface area contributed by atoms with Crippen molar-refractivity contribution >= 4 is 11.8 Å². The molecular weight excluding hydrogens is 256 g/mol. The van der Waals surface area contributed by atoms with Crippen LogP contribution in [0.15, 0.2) is 24.3 Å². The molecule has 0 saturated carbocycles. The van der Waals surface area contributed by atoms with E-state index in [-0.39, 0.29) is 18.4 Å². The molecule has 5 nitrogen and oxygen atoms in total. The normalized spacial score (nSPS) is 9.90. The zero-order valence-corrected chi connectivity index (χ0v) is 12.1. The summed E-state index contributed by atoms with van der Waals surface area (Å²) in [6.07, 6.45) is 1.68. The van der Waals surface area contributed by atoms with Gasteiger partial charge in [-0.15, -0.1) is 0 Å². The number of amides is 2. The van der Waals surface area contributed by atoms with Crippen LogP contribution in [0.4, 0.5) is 0 Å². The molecule has 0 saturated heterocycles. The molecule has 0 spiro atoms. The van der Waals surface area contributed by atoms with E-state index in [1.807, 2.05) is 31.2 Å². The van der Waals surface area contributed by atoms with Gasteiger partial charge in [0.2, 0.25) is 5.91 Å². The first-order valence-electron chi connectivity index (χ1n) is 6.78. The van der Waals surface area contributed by atoms with E-state index in [9.17, 15) is 9.59 Å². The van der Waals surface area contributed by atoms with Crippen LogP contribution < -0.4 is 15.4 Å². The van der Waals surface area contributed by atoms with Crippen molar-refractivity contribution in [1.29, 1.82) is 0 Å². The molecule has 0 atom stereocenters.